The maximum absolute atomic E-state index is 12.9. The van der Waals surface area contributed by atoms with Crippen molar-refractivity contribution in [2.24, 2.45) is 0 Å². The number of para-hydroxylation sites is 1. The van der Waals surface area contributed by atoms with Crippen LogP contribution in [0.3, 0.4) is 0 Å². The van der Waals surface area contributed by atoms with Crippen LogP contribution in [-0.4, -0.2) is 17.7 Å². The smallest absolute Gasteiger partial charge is 0.341 e. The number of hydrogen-bond donors (Lipinski definition) is 1. The number of anilines is 2. The summed E-state index contributed by atoms with van der Waals surface area (Å²) >= 11 is 7.54. The number of nitrogens with zero attached hydrogens (tertiary/aromatic N) is 1. The summed E-state index contributed by atoms with van der Waals surface area (Å²) in [4.78, 5) is 16.3. The third-order valence-electron chi connectivity index (χ3n) is 5.62. The molecule has 3 aromatic rings. The van der Waals surface area contributed by atoms with E-state index >= 15 is 0 Å². The number of aryl methyl sites for hydroxylation is 1. The Morgan fingerprint density at radius 2 is 1.72 bits per heavy atom. The van der Waals surface area contributed by atoms with Crippen molar-refractivity contribution >= 4 is 45.3 Å². The highest BCUT2D eigenvalue weighted by Crippen LogP contribution is 2.38. The maximum Gasteiger partial charge on any atom is 0.341 e. The molecule has 32 heavy (non-hydrogen) atoms. The molecule has 1 heterocycles. The fourth-order valence-corrected chi connectivity index (χ4v) is 5.68. The molecule has 1 aromatic heterocycles. The zero-order valence-electron chi connectivity index (χ0n) is 18.3. The molecule has 0 amide bonds. The van der Waals surface area contributed by atoms with Gasteiger partial charge in [-0.25, -0.2) is 4.79 Å². The van der Waals surface area contributed by atoms with Gasteiger partial charge >= 0.3 is 5.97 Å². The number of benzene rings is 2. The van der Waals surface area contributed by atoms with Crippen molar-refractivity contribution in [3.8, 4) is 0 Å². The van der Waals surface area contributed by atoms with E-state index in [1.165, 1.54) is 11.3 Å². The molecule has 0 unspecified atom stereocenters. The number of hydrogen-bond acceptors (Lipinski definition) is 4. The van der Waals surface area contributed by atoms with Crippen molar-refractivity contribution in [1.29, 1.82) is 0 Å². The number of ether oxygens (including phenoxy) is 1. The van der Waals surface area contributed by atoms with Crippen LogP contribution in [0.25, 0.3) is 0 Å². The largest absolute Gasteiger partial charge is 0.462 e. The van der Waals surface area contributed by atoms with E-state index < -0.39 is 0 Å². The molecule has 0 radical (unpaired) electrons. The molecule has 1 aliphatic rings. The molecule has 166 valence electrons. The summed E-state index contributed by atoms with van der Waals surface area (Å²) in [6, 6.07) is 20.4. The number of thiophene rings is 1. The quantitative estimate of drug-likeness (QED) is 0.253. The van der Waals surface area contributed by atoms with Gasteiger partial charge in [0.1, 0.15) is 5.00 Å². The van der Waals surface area contributed by atoms with E-state index in [0.717, 1.165) is 47.5 Å². The predicted molar refractivity (Wildman–Crippen MR) is 137 cm³/mol. The lowest BCUT2D eigenvalue weighted by atomic mass is 10.1. The van der Waals surface area contributed by atoms with Gasteiger partial charge in [-0.3, -0.25) is 0 Å². The predicted octanol–water partition coefficient (Wildman–Crippen LogP) is 6.60. The number of fused-ring (bicyclic) bond motifs is 1. The Morgan fingerprint density at radius 1 is 1.03 bits per heavy atom. The first-order chi connectivity index (χ1) is 15.7. The topological polar surface area (TPSA) is 41.6 Å². The molecule has 0 spiro atoms. The second-order valence-corrected chi connectivity index (χ2v) is 9.32. The van der Waals surface area contributed by atoms with Gasteiger partial charge in [0, 0.05) is 10.6 Å². The number of thiocarbonyl (C=S) groups is 1. The van der Waals surface area contributed by atoms with Crippen LogP contribution in [0.4, 0.5) is 10.7 Å². The summed E-state index contributed by atoms with van der Waals surface area (Å²) < 4.78 is 5.43. The van der Waals surface area contributed by atoms with Crippen LogP contribution in [0, 0.1) is 0 Å². The summed E-state index contributed by atoms with van der Waals surface area (Å²) in [5.74, 6) is -0.258. The molecular formula is C26H28N2O2S2. The number of carbonyl (C=O) groups excluding carboxylic acids is 1. The second-order valence-electron chi connectivity index (χ2n) is 7.83. The molecule has 4 nitrogen and oxygen atoms in total. The highest BCUT2D eigenvalue weighted by atomic mass is 32.1. The first-order valence-corrected chi connectivity index (χ1v) is 12.4. The lowest BCUT2D eigenvalue weighted by Gasteiger charge is -2.26. The van der Waals surface area contributed by atoms with E-state index in [-0.39, 0.29) is 5.97 Å². The molecule has 0 aliphatic heterocycles. The average molecular weight is 465 g/mol. The molecule has 2 aromatic carbocycles. The Balaban J connectivity index is 1.66. The van der Waals surface area contributed by atoms with Crippen LogP contribution in [0.15, 0.2) is 60.7 Å². The van der Waals surface area contributed by atoms with Crippen molar-refractivity contribution in [1.82, 2.24) is 0 Å². The van der Waals surface area contributed by atoms with Crippen LogP contribution in [0.2, 0.25) is 0 Å². The van der Waals surface area contributed by atoms with Crippen molar-refractivity contribution in [3.05, 3.63) is 82.2 Å². The van der Waals surface area contributed by atoms with Gasteiger partial charge in [0.15, 0.2) is 5.11 Å². The van der Waals surface area contributed by atoms with Gasteiger partial charge in [0.2, 0.25) is 0 Å². The maximum atomic E-state index is 12.9. The zero-order chi connectivity index (χ0) is 22.3. The van der Waals surface area contributed by atoms with Gasteiger partial charge in [-0.1, -0.05) is 55.0 Å². The monoisotopic (exact) mass is 464 g/mol. The average Bonchev–Trinajstić information content (AvgIpc) is 2.99. The van der Waals surface area contributed by atoms with Crippen molar-refractivity contribution in [2.75, 3.05) is 16.8 Å². The molecule has 0 saturated carbocycles. The molecule has 4 rings (SSSR count). The molecule has 0 saturated heterocycles. The first-order valence-electron chi connectivity index (χ1n) is 11.2. The fourth-order valence-electron chi connectivity index (χ4n) is 4.07. The molecule has 6 heteroatoms. The van der Waals surface area contributed by atoms with Crippen LogP contribution in [0.5, 0.6) is 0 Å². The van der Waals surface area contributed by atoms with E-state index in [4.69, 9.17) is 17.0 Å². The Bertz CT molecular complexity index is 1060. The van der Waals surface area contributed by atoms with E-state index in [1.807, 2.05) is 55.5 Å². The molecular weight excluding hydrogens is 436 g/mol. The summed E-state index contributed by atoms with van der Waals surface area (Å²) in [5, 5.41) is 4.79. The van der Waals surface area contributed by atoms with Gasteiger partial charge in [-0.05, 0) is 68.1 Å². The number of carbonyl (C=O) groups is 1. The van der Waals surface area contributed by atoms with Crippen molar-refractivity contribution in [2.45, 2.75) is 45.6 Å². The molecule has 0 fully saturated rings. The van der Waals surface area contributed by atoms with Crippen LogP contribution in [0.1, 0.15) is 52.5 Å². The van der Waals surface area contributed by atoms with Crippen LogP contribution >= 0.6 is 23.6 Å². The van der Waals surface area contributed by atoms with E-state index in [2.05, 4.69) is 22.3 Å². The highest BCUT2D eigenvalue weighted by Gasteiger charge is 2.27. The number of rotatable bonds is 6. The molecule has 0 atom stereocenters. The van der Waals surface area contributed by atoms with E-state index in [0.29, 0.717) is 23.8 Å². The van der Waals surface area contributed by atoms with Gasteiger partial charge in [-0.2, -0.15) is 0 Å². The van der Waals surface area contributed by atoms with Gasteiger partial charge in [0.05, 0.1) is 18.7 Å². The van der Waals surface area contributed by atoms with E-state index in [1.54, 1.807) is 11.3 Å². The SMILES string of the molecule is CCOC(=O)c1c(NC(=S)N(Cc2ccccc2)c2ccccc2)sc2c1CCCCC2. The Kier molecular flexibility index (Phi) is 7.55. The standard InChI is InChI=1S/C26H28N2O2S2/c1-2-30-25(29)23-21-16-10-5-11-17-22(21)32-24(23)27-26(31)28(20-14-8-4-9-15-20)18-19-12-6-3-7-13-19/h3-4,6-9,12-15H,2,5,10-11,16-18H2,1H3,(H,27,31). The molecule has 1 aliphatic carbocycles. The minimum atomic E-state index is -0.258. The van der Waals surface area contributed by atoms with Gasteiger partial charge in [-0.15, -0.1) is 11.3 Å². The second kappa shape index (κ2) is 10.7. The van der Waals surface area contributed by atoms with E-state index in [9.17, 15) is 4.79 Å². The van der Waals surface area contributed by atoms with Crippen molar-refractivity contribution < 1.29 is 9.53 Å². The summed E-state index contributed by atoms with van der Waals surface area (Å²) in [6.07, 6.45) is 5.38. The van der Waals surface area contributed by atoms with Gasteiger partial charge in [0.25, 0.3) is 0 Å². The Labute approximate surface area is 199 Å². The Hall–Kier alpha value is -2.70. The first kappa shape index (κ1) is 22.5. The molecule has 1 N–H and O–H groups in total. The third-order valence-corrected chi connectivity index (χ3v) is 7.15. The summed E-state index contributed by atoms with van der Waals surface area (Å²) in [5.41, 5.74) is 3.98. The van der Waals surface area contributed by atoms with Gasteiger partial charge < -0.3 is 15.0 Å². The molecule has 0 bridgehead atoms. The number of nitrogens with one attached hydrogen (secondary N) is 1. The van der Waals surface area contributed by atoms with Crippen molar-refractivity contribution in [3.63, 3.8) is 0 Å². The number of esters is 1. The lowest BCUT2D eigenvalue weighted by molar-refractivity contribution is 0.0527. The van der Waals surface area contributed by atoms with Crippen LogP contribution in [-0.2, 0) is 24.1 Å². The summed E-state index contributed by atoms with van der Waals surface area (Å²) in [6.45, 7) is 2.84. The zero-order valence-corrected chi connectivity index (χ0v) is 19.9. The minimum absolute atomic E-state index is 0.258. The third kappa shape index (κ3) is 5.19. The fraction of sp³-hybridized carbons (Fsp3) is 0.308. The summed E-state index contributed by atoms with van der Waals surface area (Å²) in [7, 11) is 0. The minimum Gasteiger partial charge on any atom is -0.462 e. The Morgan fingerprint density at radius 3 is 2.44 bits per heavy atom. The highest BCUT2D eigenvalue weighted by molar-refractivity contribution is 7.80. The van der Waals surface area contributed by atoms with Crippen LogP contribution < -0.4 is 10.2 Å². The normalized spacial score (nSPS) is 13.0. The lowest BCUT2D eigenvalue weighted by Crippen LogP contribution is -2.34.